The second-order valence-corrected chi connectivity index (χ2v) is 4.56. The smallest absolute Gasteiger partial charge is 0.146 e. The molecule has 0 bridgehead atoms. The SMILES string of the molecule is O=CC1=CC(Cl)=C(c2ccccc2)SC1. The first-order valence-electron chi connectivity index (χ1n) is 4.55. The molecule has 3 heteroatoms. The molecule has 0 amide bonds. The minimum Gasteiger partial charge on any atom is -0.298 e. The van der Waals surface area contributed by atoms with E-state index in [9.17, 15) is 4.79 Å². The van der Waals surface area contributed by atoms with Crippen LogP contribution in [0.5, 0.6) is 0 Å². The van der Waals surface area contributed by atoms with Crippen LogP contribution in [-0.4, -0.2) is 12.0 Å². The Balaban J connectivity index is 2.39. The van der Waals surface area contributed by atoms with Gasteiger partial charge in [0.1, 0.15) is 6.29 Å². The normalized spacial score (nSPS) is 16.2. The van der Waals surface area contributed by atoms with E-state index in [1.54, 1.807) is 17.8 Å². The van der Waals surface area contributed by atoms with Gasteiger partial charge in [-0.1, -0.05) is 41.9 Å². The zero-order valence-corrected chi connectivity index (χ0v) is 9.52. The average Bonchev–Trinajstić information content (AvgIpc) is 2.30. The minimum absolute atomic E-state index is 0.652. The van der Waals surface area contributed by atoms with Crippen LogP contribution >= 0.6 is 23.4 Å². The fourth-order valence-corrected chi connectivity index (χ4v) is 2.75. The molecule has 2 rings (SSSR count). The molecule has 1 aliphatic heterocycles. The molecule has 0 fully saturated rings. The Hall–Kier alpha value is -0.990. The number of halogens is 1. The molecular weight excluding hydrogens is 228 g/mol. The van der Waals surface area contributed by atoms with Crippen LogP contribution in [0.4, 0.5) is 0 Å². The van der Waals surface area contributed by atoms with E-state index in [0.717, 1.165) is 22.3 Å². The number of carbonyl (C=O) groups excluding carboxylic acids is 1. The molecule has 0 unspecified atom stereocenters. The van der Waals surface area contributed by atoms with Gasteiger partial charge in [0.15, 0.2) is 0 Å². The van der Waals surface area contributed by atoms with E-state index in [1.165, 1.54) is 0 Å². The molecule has 15 heavy (non-hydrogen) atoms. The van der Waals surface area contributed by atoms with Crippen molar-refractivity contribution in [3.63, 3.8) is 0 Å². The molecule has 1 aliphatic rings. The Kier molecular flexibility index (Phi) is 3.29. The molecule has 0 saturated heterocycles. The Morgan fingerprint density at radius 1 is 1.27 bits per heavy atom. The van der Waals surface area contributed by atoms with E-state index >= 15 is 0 Å². The Morgan fingerprint density at radius 3 is 2.60 bits per heavy atom. The van der Waals surface area contributed by atoms with Crippen LogP contribution in [-0.2, 0) is 4.79 Å². The maximum Gasteiger partial charge on any atom is 0.146 e. The van der Waals surface area contributed by atoms with Gasteiger partial charge in [-0.05, 0) is 11.6 Å². The number of carbonyl (C=O) groups is 1. The van der Waals surface area contributed by atoms with Crippen LogP contribution < -0.4 is 0 Å². The molecule has 0 N–H and O–H groups in total. The van der Waals surface area contributed by atoms with Crippen LogP contribution in [0.15, 0.2) is 47.0 Å². The molecule has 76 valence electrons. The predicted molar refractivity (Wildman–Crippen MR) is 65.8 cm³/mol. The monoisotopic (exact) mass is 236 g/mol. The van der Waals surface area contributed by atoms with Crippen molar-refractivity contribution in [1.82, 2.24) is 0 Å². The molecule has 0 atom stereocenters. The summed E-state index contributed by atoms with van der Waals surface area (Å²) in [7, 11) is 0. The molecule has 0 aromatic heterocycles. The summed E-state index contributed by atoms with van der Waals surface area (Å²) in [6.07, 6.45) is 2.60. The van der Waals surface area contributed by atoms with Crippen LogP contribution in [0, 0.1) is 0 Å². The second-order valence-electron chi connectivity index (χ2n) is 3.17. The number of hydrogen-bond donors (Lipinski definition) is 0. The lowest BCUT2D eigenvalue weighted by Crippen LogP contribution is -1.96. The van der Waals surface area contributed by atoms with Gasteiger partial charge in [0.2, 0.25) is 0 Å². The van der Waals surface area contributed by atoms with E-state index in [0.29, 0.717) is 10.8 Å². The number of rotatable bonds is 2. The Morgan fingerprint density at radius 2 is 2.00 bits per heavy atom. The highest BCUT2D eigenvalue weighted by atomic mass is 35.5. The van der Waals surface area contributed by atoms with Crippen molar-refractivity contribution in [2.75, 3.05) is 5.75 Å². The van der Waals surface area contributed by atoms with E-state index in [1.807, 2.05) is 30.3 Å². The molecule has 0 aliphatic carbocycles. The van der Waals surface area contributed by atoms with Gasteiger partial charge in [-0.2, -0.15) is 0 Å². The lowest BCUT2D eigenvalue weighted by Gasteiger charge is -2.13. The topological polar surface area (TPSA) is 17.1 Å². The lowest BCUT2D eigenvalue weighted by atomic mass is 10.2. The van der Waals surface area contributed by atoms with Gasteiger partial charge in [0.25, 0.3) is 0 Å². The molecule has 0 saturated carbocycles. The summed E-state index contributed by atoms with van der Waals surface area (Å²) in [6.45, 7) is 0. The third-order valence-electron chi connectivity index (χ3n) is 2.10. The van der Waals surface area contributed by atoms with Gasteiger partial charge < -0.3 is 0 Å². The fourth-order valence-electron chi connectivity index (χ4n) is 1.37. The van der Waals surface area contributed by atoms with Gasteiger partial charge >= 0.3 is 0 Å². The molecule has 1 aromatic rings. The standard InChI is InChI=1S/C12H9ClOS/c13-11-6-9(7-14)8-15-12(11)10-4-2-1-3-5-10/h1-7H,8H2. The highest BCUT2D eigenvalue weighted by Gasteiger charge is 2.13. The van der Waals surface area contributed by atoms with Crippen LogP contribution in [0.3, 0.4) is 0 Å². The van der Waals surface area contributed by atoms with Crippen molar-refractivity contribution < 1.29 is 4.79 Å². The number of aldehydes is 1. The highest BCUT2D eigenvalue weighted by Crippen LogP contribution is 2.37. The first-order valence-corrected chi connectivity index (χ1v) is 5.91. The fraction of sp³-hybridized carbons (Fsp3) is 0.0833. The largest absolute Gasteiger partial charge is 0.298 e. The Bertz CT molecular complexity index is 434. The number of thioether (sulfide) groups is 1. The minimum atomic E-state index is 0.652. The van der Waals surface area contributed by atoms with Gasteiger partial charge in [-0.3, -0.25) is 4.79 Å². The maximum atomic E-state index is 10.6. The first-order chi connectivity index (χ1) is 7.31. The Labute approximate surface area is 97.8 Å². The van der Waals surface area contributed by atoms with E-state index in [-0.39, 0.29) is 0 Å². The highest BCUT2D eigenvalue weighted by molar-refractivity contribution is 8.08. The summed E-state index contributed by atoms with van der Waals surface area (Å²) in [5.74, 6) is 0.698. The van der Waals surface area contributed by atoms with E-state index in [2.05, 4.69) is 0 Å². The van der Waals surface area contributed by atoms with Crippen molar-refractivity contribution in [3.8, 4) is 0 Å². The predicted octanol–water partition coefficient (Wildman–Crippen LogP) is 3.47. The number of hydrogen-bond acceptors (Lipinski definition) is 2. The molecule has 1 aromatic carbocycles. The summed E-state index contributed by atoms with van der Waals surface area (Å²) >= 11 is 7.72. The third kappa shape index (κ3) is 2.33. The van der Waals surface area contributed by atoms with Crippen molar-refractivity contribution in [2.24, 2.45) is 0 Å². The van der Waals surface area contributed by atoms with Crippen LogP contribution in [0.2, 0.25) is 0 Å². The molecule has 1 heterocycles. The maximum absolute atomic E-state index is 10.6. The van der Waals surface area contributed by atoms with Crippen molar-refractivity contribution >= 4 is 34.6 Å². The molecule has 0 radical (unpaired) electrons. The van der Waals surface area contributed by atoms with Gasteiger partial charge in [0, 0.05) is 16.2 Å². The van der Waals surface area contributed by atoms with Gasteiger partial charge in [0.05, 0.1) is 5.03 Å². The number of benzene rings is 1. The summed E-state index contributed by atoms with van der Waals surface area (Å²) in [6, 6.07) is 9.96. The third-order valence-corrected chi connectivity index (χ3v) is 3.73. The van der Waals surface area contributed by atoms with Gasteiger partial charge in [-0.25, -0.2) is 0 Å². The van der Waals surface area contributed by atoms with E-state index < -0.39 is 0 Å². The number of allylic oxidation sites excluding steroid dienone is 2. The summed E-state index contributed by atoms with van der Waals surface area (Å²) < 4.78 is 0. The lowest BCUT2D eigenvalue weighted by molar-refractivity contribution is -0.104. The van der Waals surface area contributed by atoms with Gasteiger partial charge in [-0.15, -0.1) is 11.8 Å². The first kappa shape index (κ1) is 10.5. The summed E-state index contributed by atoms with van der Waals surface area (Å²) in [5.41, 5.74) is 1.85. The zero-order valence-electron chi connectivity index (χ0n) is 7.94. The summed E-state index contributed by atoms with van der Waals surface area (Å²) in [5, 5.41) is 0.652. The van der Waals surface area contributed by atoms with Crippen molar-refractivity contribution in [3.05, 3.63) is 52.6 Å². The van der Waals surface area contributed by atoms with E-state index in [4.69, 9.17) is 11.6 Å². The molecule has 0 spiro atoms. The van der Waals surface area contributed by atoms with Crippen LogP contribution in [0.25, 0.3) is 4.91 Å². The quantitative estimate of drug-likeness (QED) is 0.732. The van der Waals surface area contributed by atoms with Crippen molar-refractivity contribution in [1.29, 1.82) is 0 Å². The zero-order chi connectivity index (χ0) is 10.7. The second kappa shape index (κ2) is 4.69. The van der Waals surface area contributed by atoms with Crippen LogP contribution in [0.1, 0.15) is 5.56 Å². The molecular formula is C12H9ClOS. The average molecular weight is 237 g/mol. The summed E-state index contributed by atoms with van der Waals surface area (Å²) in [4.78, 5) is 11.6. The van der Waals surface area contributed by atoms with Crippen molar-refractivity contribution in [2.45, 2.75) is 0 Å². The molecule has 1 nitrogen and oxygen atoms in total.